The molecule has 0 bridgehead atoms. The smallest absolute Gasteiger partial charge is 0.430 e. The van der Waals surface area contributed by atoms with Crippen LogP contribution >= 0.6 is 0 Å². The number of ether oxygens (including phenoxy) is 4. The maximum Gasteiger partial charge on any atom is 0.508 e. The molecule has 0 amide bonds. The third-order valence-electron chi connectivity index (χ3n) is 3.16. The highest BCUT2D eigenvalue weighted by Crippen LogP contribution is 2.02. The van der Waals surface area contributed by atoms with Gasteiger partial charge in [-0.2, -0.15) is 0 Å². The lowest BCUT2D eigenvalue weighted by molar-refractivity contribution is 0.0545. The first-order valence-electron chi connectivity index (χ1n) is 8.06. The van der Waals surface area contributed by atoms with Gasteiger partial charge in [0.25, 0.3) is 0 Å². The highest BCUT2D eigenvalue weighted by Gasteiger charge is 2.04. The molecular weight excluding hydrogens is 336 g/mol. The summed E-state index contributed by atoms with van der Waals surface area (Å²) in [5.74, 6) is 0. The third kappa shape index (κ3) is 8.01. The van der Waals surface area contributed by atoms with Crippen LogP contribution in [0.2, 0.25) is 0 Å². The minimum Gasteiger partial charge on any atom is -0.430 e. The van der Waals surface area contributed by atoms with E-state index in [1.807, 2.05) is 60.7 Å². The van der Waals surface area contributed by atoms with Crippen LogP contribution in [0.25, 0.3) is 0 Å². The van der Waals surface area contributed by atoms with Crippen molar-refractivity contribution in [1.82, 2.24) is 0 Å². The van der Waals surface area contributed by atoms with Gasteiger partial charge in [-0.1, -0.05) is 60.7 Å². The zero-order chi connectivity index (χ0) is 18.5. The van der Waals surface area contributed by atoms with Crippen molar-refractivity contribution in [2.45, 2.75) is 13.2 Å². The largest absolute Gasteiger partial charge is 0.508 e. The second kappa shape index (κ2) is 11.3. The fraction of sp³-hybridized carbons (Fsp3) is 0.200. The van der Waals surface area contributed by atoms with E-state index in [-0.39, 0.29) is 26.4 Å². The van der Waals surface area contributed by atoms with Gasteiger partial charge in [-0.15, -0.1) is 0 Å². The Morgan fingerprint density at radius 3 is 1.38 bits per heavy atom. The molecule has 2 aromatic carbocycles. The minimum absolute atomic E-state index is 0.0239. The van der Waals surface area contributed by atoms with Crippen molar-refractivity contribution < 1.29 is 28.5 Å². The summed E-state index contributed by atoms with van der Waals surface area (Å²) >= 11 is 0. The van der Waals surface area contributed by atoms with Crippen molar-refractivity contribution in [2.24, 2.45) is 0 Å². The maximum absolute atomic E-state index is 11.4. The van der Waals surface area contributed by atoms with Crippen LogP contribution in [0.1, 0.15) is 11.1 Å². The Bertz CT molecular complexity index is 635. The molecule has 0 atom stereocenters. The Morgan fingerprint density at radius 2 is 1.00 bits per heavy atom. The van der Waals surface area contributed by atoms with Gasteiger partial charge in [-0.05, 0) is 23.3 Å². The van der Waals surface area contributed by atoms with Gasteiger partial charge in [0, 0.05) is 0 Å². The number of carbonyl (C=O) groups is 2. The van der Waals surface area contributed by atoms with Crippen LogP contribution in [-0.4, -0.2) is 25.5 Å². The fourth-order valence-corrected chi connectivity index (χ4v) is 1.88. The number of rotatable bonds is 8. The van der Waals surface area contributed by atoms with Crippen molar-refractivity contribution in [3.8, 4) is 0 Å². The van der Waals surface area contributed by atoms with Gasteiger partial charge in [0.05, 0.1) is 0 Å². The minimum atomic E-state index is -0.762. The molecule has 2 aromatic rings. The molecule has 0 heterocycles. The summed E-state index contributed by atoms with van der Waals surface area (Å²) in [6.45, 7) is 0.353. The lowest BCUT2D eigenvalue weighted by atomic mass is 10.2. The molecule has 0 saturated carbocycles. The number of hydrogen-bond donors (Lipinski definition) is 0. The first-order valence-corrected chi connectivity index (χ1v) is 8.06. The molecule has 0 aliphatic heterocycles. The average molecular weight is 356 g/mol. The lowest BCUT2D eigenvalue weighted by Crippen LogP contribution is -2.08. The molecule has 2 rings (SSSR count). The molecule has 0 N–H and O–H groups in total. The second-order valence-electron chi connectivity index (χ2n) is 5.14. The van der Waals surface area contributed by atoms with Crippen LogP contribution in [0.4, 0.5) is 9.59 Å². The molecule has 0 aromatic heterocycles. The Hall–Kier alpha value is -3.28. The average Bonchev–Trinajstić information content (AvgIpc) is 2.69. The van der Waals surface area contributed by atoms with E-state index in [1.165, 1.54) is 0 Å². The summed E-state index contributed by atoms with van der Waals surface area (Å²) in [7, 11) is 0. The van der Waals surface area contributed by atoms with Gasteiger partial charge in [-0.25, -0.2) is 9.59 Å². The zero-order valence-electron chi connectivity index (χ0n) is 14.2. The highest BCUT2D eigenvalue weighted by molar-refractivity contribution is 5.60. The van der Waals surface area contributed by atoms with E-state index in [4.69, 9.17) is 18.9 Å². The van der Waals surface area contributed by atoms with Crippen molar-refractivity contribution in [3.05, 3.63) is 83.9 Å². The summed E-state index contributed by atoms with van der Waals surface area (Å²) in [6.07, 6.45) is 1.58. The molecule has 0 spiro atoms. The van der Waals surface area contributed by atoms with Crippen molar-refractivity contribution in [2.75, 3.05) is 13.2 Å². The molecule has 0 radical (unpaired) electrons. The Morgan fingerprint density at radius 1 is 0.615 bits per heavy atom. The fourth-order valence-electron chi connectivity index (χ4n) is 1.88. The Labute approximate surface area is 151 Å². The molecular formula is C20H20O6. The van der Waals surface area contributed by atoms with Gasteiger partial charge in [-0.3, -0.25) is 0 Å². The van der Waals surface area contributed by atoms with Gasteiger partial charge in [0.15, 0.2) is 0 Å². The Kier molecular flexibility index (Phi) is 8.28. The van der Waals surface area contributed by atoms with Gasteiger partial charge in [0.2, 0.25) is 0 Å². The summed E-state index contributed by atoms with van der Waals surface area (Å²) in [5.41, 5.74) is 1.75. The van der Waals surface area contributed by atoms with E-state index in [0.29, 0.717) is 0 Å². The van der Waals surface area contributed by atoms with Crippen LogP contribution in [0.15, 0.2) is 72.8 Å². The molecule has 0 unspecified atom stereocenters. The maximum atomic E-state index is 11.4. The van der Waals surface area contributed by atoms with Crippen molar-refractivity contribution in [3.63, 3.8) is 0 Å². The number of hydrogen-bond acceptors (Lipinski definition) is 6. The molecule has 136 valence electrons. The molecule has 26 heavy (non-hydrogen) atoms. The van der Waals surface area contributed by atoms with Crippen LogP contribution in [-0.2, 0) is 32.2 Å². The van der Waals surface area contributed by atoms with Gasteiger partial charge >= 0.3 is 12.3 Å². The molecule has 6 nitrogen and oxygen atoms in total. The summed E-state index contributed by atoms with van der Waals surface area (Å²) < 4.78 is 19.6. The SMILES string of the molecule is O=C(OC/C=C\COC(=O)OCc1ccccc1)OCc1ccccc1. The van der Waals surface area contributed by atoms with E-state index in [0.717, 1.165) is 11.1 Å². The molecule has 0 aliphatic carbocycles. The van der Waals surface area contributed by atoms with Crippen molar-refractivity contribution in [1.29, 1.82) is 0 Å². The first kappa shape index (κ1) is 19.1. The zero-order valence-corrected chi connectivity index (χ0v) is 14.2. The van der Waals surface area contributed by atoms with E-state index in [9.17, 15) is 9.59 Å². The first-order chi connectivity index (χ1) is 12.7. The standard InChI is InChI=1S/C20H20O6/c21-19(25-15-17-9-3-1-4-10-17)23-13-7-8-14-24-20(22)26-16-18-11-5-2-6-12-18/h1-12H,13-16H2/b8-7-. The van der Waals surface area contributed by atoms with E-state index < -0.39 is 12.3 Å². The third-order valence-corrected chi connectivity index (χ3v) is 3.16. The highest BCUT2D eigenvalue weighted by atomic mass is 16.7. The molecule has 0 aliphatic rings. The second-order valence-corrected chi connectivity index (χ2v) is 5.14. The topological polar surface area (TPSA) is 71.1 Å². The molecule has 0 saturated heterocycles. The van der Waals surface area contributed by atoms with Crippen LogP contribution in [0.5, 0.6) is 0 Å². The summed E-state index contributed by atoms with van der Waals surface area (Å²) in [4.78, 5) is 22.8. The molecule has 0 fully saturated rings. The van der Waals surface area contributed by atoms with Crippen LogP contribution in [0.3, 0.4) is 0 Å². The summed E-state index contributed by atoms with van der Waals surface area (Å²) in [6, 6.07) is 18.6. The Balaban J connectivity index is 1.51. The van der Waals surface area contributed by atoms with E-state index in [1.54, 1.807) is 12.2 Å². The predicted octanol–water partition coefficient (Wildman–Crippen LogP) is 4.25. The van der Waals surface area contributed by atoms with E-state index >= 15 is 0 Å². The van der Waals surface area contributed by atoms with Crippen molar-refractivity contribution >= 4 is 12.3 Å². The van der Waals surface area contributed by atoms with Crippen LogP contribution in [0, 0.1) is 0 Å². The number of carbonyl (C=O) groups excluding carboxylic acids is 2. The van der Waals surface area contributed by atoms with Gasteiger partial charge in [0.1, 0.15) is 26.4 Å². The summed E-state index contributed by atoms with van der Waals surface area (Å²) in [5, 5.41) is 0. The monoisotopic (exact) mass is 356 g/mol. The normalized spacial score (nSPS) is 10.3. The van der Waals surface area contributed by atoms with E-state index in [2.05, 4.69) is 0 Å². The van der Waals surface area contributed by atoms with Crippen LogP contribution < -0.4 is 0 Å². The quantitative estimate of drug-likeness (QED) is 0.520. The molecule has 6 heteroatoms. The lowest BCUT2D eigenvalue weighted by Gasteiger charge is -2.05. The predicted molar refractivity (Wildman–Crippen MR) is 94.3 cm³/mol. The number of benzene rings is 2. The van der Waals surface area contributed by atoms with Gasteiger partial charge < -0.3 is 18.9 Å².